The van der Waals surface area contributed by atoms with Crippen LogP contribution in [0.3, 0.4) is 0 Å². The number of benzene rings is 1. The Morgan fingerprint density at radius 3 is 2.25 bits per heavy atom. The fourth-order valence-electron chi connectivity index (χ4n) is 1.44. The molecule has 0 aliphatic heterocycles. The smallest absolute Gasteiger partial charge is 0.148 e. The van der Waals surface area contributed by atoms with Gasteiger partial charge in [0.15, 0.2) is 0 Å². The van der Waals surface area contributed by atoms with Crippen LogP contribution < -0.4 is 5.73 Å². The van der Waals surface area contributed by atoms with Gasteiger partial charge < -0.3 is 5.73 Å². The average molecular weight is 282 g/mol. The lowest BCUT2D eigenvalue weighted by Gasteiger charge is -2.12. The first-order chi connectivity index (χ1) is 7.29. The second kappa shape index (κ2) is 5.36. The molecule has 1 atom stereocenters. The van der Waals surface area contributed by atoms with Gasteiger partial charge in [0.2, 0.25) is 0 Å². The molecule has 0 saturated heterocycles. The molecular formula is C10H13Cl2NO2S. The molecule has 0 amide bonds. The second-order valence-corrected chi connectivity index (χ2v) is 6.76. The first kappa shape index (κ1) is 13.8. The minimum absolute atomic E-state index is 0.0748. The average Bonchev–Trinajstić information content (AvgIpc) is 2.08. The highest BCUT2D eigenvalue weighted by Gasteiger charge is 2.15. The van der Waals surface area contributed by atoms with Gasteiger partial charge >= 0.3 is 0 Å². The molecule has 16 heavy (non-hydrogen) atoms. The zero-order chi connectivity index (χ0) is 12.3. The lowest BCUT2D eigenvalue weighted by Crippen LogP contribution is -2.31. The summed E-state index contributed by atoms with van der Waals surface area (Å²) >= 11 is 11.9. The van der Waals surface area contributed by atoms with E-state index in [1.54, 1.807) is 18.2 Å². The van der Waals surface area contributed by atoms with Crippen LogP contribution in [0.25, 0.3) is 0 Å². The summed E-state index contributed by atoms with van der Waals surface area (Å²) < 4.78 is 22.1. The third kappa shape index (κ3) is 4.29. The van der Waals surface area contributed by atoms with Crippen LogP contribution in [-0.2, 0) is 16.3 Å². The van der Waals surface area contributed by atoms with Crippen molar-refractivity contribution < 1.29 is 8.42 Å². The predicted molar refractivity (Wildman–Crippen MR) is 67.9 cm³/mol. The Labute approximate surface area is 105 Å². The van der Waals surface area contributed by atoms with Crippen molar-refractivity contribution in [3.63, 3.8) is 0 Å². The summed E-state index contributed by atoms with van der Waals surface area (Å²) in [6.07, 6.45) is 1.51. The highest BCUT2D eigenvalue weighted by Crippen LogP contribution is 2.25. The van der Waals surface area contributed by atoms with Gasteiger partial charge in [-0.05, 0) is 24.1 Å². The Bertz CT molecular complexity index is 453. The van der Waals surface area contributed by atoms with Gasteiger partial charge in [-0.15, -0.1) is 0 Å². The number of hydrogen-bond donors (Lipinski definition) is 1. The van der Waals surface area contributed by atoms with Crippen LogP contribution in [0.5, 0.6) is 0 Å². The van der Waals surface area contributed by atoms with Crippen molar-refractivity contribution in [3.05, 3.63) is 33.8 Å². The summed E-state index contributed by atoms with van der Waals surface area (Å²) in [7, 11) is -3.08. The Hall–Kier alpha value is -0.290. The lowest BCUT2D eigenvalue weighted by atomic mass is 10.1. The molecule has 0 aliphatic carbocycles. The molecule has 0 aromatic heterocycles. The molecule has 1 aromatic rings. The molecule has 0 spiro atoms. The van der Waals surface area contributed by atoms with Crippen LogP contribution in [0.2, 0.25) is 10.0 Å². The quantitative estimate of drug-likeness (QED) is 0.917. The van der Waals surface area contributed by atoms with Crippen molar-refractivity contribution in [2.45, 2.75) is 12.5 Å². The van der Waals surface area contributed by atoms with E-state index in [-0.39, 0.29) is 5.75 Å². The minimum atomic E-state index is -3.08. The van der Waals surface area contributed by atoms with Crippen LogP contribution in [0.15, 0.2) is 18.2 Å². The zero-order valence-electron chi connectivity index (χ0n) is 8.78. The van der Waals surface area contributed by atoms with Crippen LogP contribution in [0, 0.1) is 0 Å². The van der Waals surface area contributed by atoms with Gasteiger partial charge in [-0.3, -0.25) is 0 Å². The van der Waals surface area contributed by atoms with E-state index >= 15 is 0 Å². The van der Waals surface area contributed by atoms with Crippen molar-refractivity contribution in [3.8, 4) is 0 Å². The Morgan fingerprint density at radius 1 is 1.31 bits per heavy atom. The molecule has 0 aliphatic rings. The molecule has 1 aromatic carbocycles. The molecule has 1 rings (SSSR count). The molecule has 0 heterocycles. The predicted octanol–water partition coefficient (Wildman–Crippen LogP) is 1.91. The first-order valence-corrected chi connectivity index (χ1v) is 7.47. The fraction of sp³-hybridized carbons (Fsp3) is 0.400. The SMILES string of the molecule is CS(=O)(=O)CC(N)Cc1c(Cl)cccc1Cl. The molecule has 1 unspecified atom stereocenters. The molecule has 0 bridgehead atoms. The van der Waals surface area contributed by atoms with Gasteiger partial charge in [-0.1, -0.05) is 29.3 Å². The normalized spacial score (nSPS) is 13.8. The topological polar surface area (TPSA) is 60.2 Å². The van der Waals surface area contributed by atoms with Crippen molar-refractivity contribution in [2.75, 3.05) is 12.0 Å². The highest BCUT2D eigenvalue weighted by atomic mass is 35.5. The van der Waals surface area contributed by atoms with E-state index < -0.39 is 15.9 Å². The standard InChI is InChI=1S/C10H13Cl2NO2S/c1-16(14,15)6-7(13)5-8-9(11)3-2-4-10(8)12/h2-4,7H,5-6,13H2,1H3. The van der Waals surface area contributed by atoms with Crippen molar-refractivity contribution in [1.82, 2.24) is 0 Å². The third-order valence-corrected chi connectivity index (χ3v) is 3.79. The largest absolute Gasteiger partial charge is 0.326 e. The van der Waals surface area contributed by atoms with Crippen LogP contribution >= 0.6 is 23.2 Å². The zero-order valence-corrected chi connectivity index (χ0v) is 11.1. The molecular weight excluding hydrogens is 269 g/mol. The molecule has 0 radical (unpaired) electrons. The monoisotopic (exact) mass is 281 g/mol. The summed E-state index contributed by atoms with van der Waals surface area (Å²) in [4.78, 5) is 0. The van der Waals surface area contributed by atoms with E-state index in [0.717, 1.165) is 6.26 Å². The maximum absolute atomic E-state index is 11.1. The van der Waals surface area contributed by atoms with E-state index in [4.69, 9.17) is 28.9 Å². The van der Waals surface area contributed by atoms with Gasteiger partial charge in [0.05, 0.1) is 5.75 Å². The summed E-state index contributed by atoms with van der Waals surface area (Å²) in [6.45, 7) is 0. The van der Waals surface area contributed by atoms with Crippen molar-refractivity contribution >= 4 is 33.0 Å². The molecule has 6 heteroatoms. The summed E-state index contributed by atoms with van der Waals surface area (Å²) in [5.41, 5.74) is 6.43. The maximum Gasteiger partial charge on any atom is 0.148 e. The molecule has 90 valence electrons. The van der Waals surface area contributed by atoms with Crippen LogP contribution in [0.1, 0.15) is 5.56 Å². The van der Waals surface area contributed by atoms with Gasteiger partial charge in [0, 0.05) is 22.3 Å². The van der Waals surface area contributed by atoms with Crippen LogP contribution in [-0.4, -0.2) is 26.5 Å². The molecule has 0 fully saturated rings. The van der Waals surface area contributed by atoms with Gasteiger partial charge in [0.1, 0.15) is 9.84 Å². The molecule has 0 saturated carbocycles. The number of nitrogens with two attached hydrogens (primary N) is 1. The van der Waals surface area contributed by atoms with Gasteiger partial charge in [-0.2, -0.15) is 0 Å². The van der Waals surface area contributed by atoms with Crippen molar-refractivity contribution in [2.24, 2.45) is 5.73 Å². The third-order valence-electron chi connectivity index (χ3n) is 2.04. The van der Waals surface area contributed by atoms with E-state index in [0.29, 0.717) is 22.0 Å². The van der Waals surface area contributed by atoms with Crippen LogP contribution in [0.4, 0.5) is 0 Å². The molecule has 3 nitrogen and oxygen atoms in total. The summed E-state index contributed by atoms with van der Waals surface area (Å²) in [6, 6.07) is 4.65. The number of halogens is 2. The highest BCUT2D eigenvalue weighted by molar-refractivity contribution is 7.90. The number of sulfone groups is 1. The van der Waals surface area contributed by atoms with E-state index in [2.05, 4.69) is 0 Å². The summed E-state index contributed by atoms with van der Waals surface area (Å²) in [5, 5.41) is 1.02. The van der Waals surface area contributed by atoms with E-state index in [9.17, 15) is 8.42 Å². The fourth-order valence-corrected chi connectivity index (χ4v) is 2.88. The maximum atomic E-state index is 11.1. The first-order valence-electron chi connectivity index (χ1n) is 4.66. The van der Waals surface area contributed by atoms with Gasteiger partial charge in [0.25, 0.3) is 0 Å². The minimum Gasteiger partial charge on any atom is -0.326 e. The Kier molecular flexibility index (Phi) is 4.62. The van der Waals surface area contributed by atoms with E-state index in [1.165, 1.54) is 0 Å². The number of hydrogen-bond acceptors (Lipinski definition) is 3. The second-order valence-electron chi connectivity index (χ2n) is 3.76. The van der Waals surface area contributed by atoms with E-state index in [1.807, 2.05) is 0 Å². The Balaban J connectivity index is 2.81. The Morgan fingerprint density at radius 2 is 1.81 bits per heavy atom. The number of rotatable bonds is 4. The summed E-state index contributed by atoms with van der Waals surface area (Å²) in [5.74, 6) is -0.0748. The molecule has 2 N–H and O–H groups in total. The van der Waals surface area contributed by atoms with Crippen molar-refractivity contribution in [1.29, 1.82) is 0 Å². The lowest BCUT2D eigenvalue weighted by molar-refractivity contribution is 0.591. The van der Waals surface area contributed by atoms with Gasteiger partial charge in [-0.25, -0.2) is 8.42 Å².